The van der Waals surface area contributed by atoms with Gasteiger partial charge in [0.05, 0.1) is 16.1 Å². The van der Waals surface area contributed by atoms with Gasteiger partial charge in [0.15, 0.2) is 0 Å². The average molecular weight is 412 g/mol. The van der Waals surface area contributed by atoms with Gasteiger partial charge in [0.2, 0.25) is 0 Å². The van der Waals surface area contributed by atoms with Crippen molar-refractivity contribution in [2.75, 3.05) is 5.32 Å². The number of nitro groups is 1. The molecular formula is C22H25N3O3S. The van der Waals surface area contributed by atoms with Crippen molar-refractivity contribution in [3.05, 3.63) is 62.0 Å². The monoisotopic (exact) mass is 411 g/mol. The Balaban J connectivity index is 1.57. The number of nitrogens with one attached hydrogen (secondary N) is 2. The van der Waals surface area contributed by atoms with Crippen molar-refractivity contribution in [2.24, 2.45) is 11.3 Å². The first kappa shape index (κ1) is 19.6. The number of nitrogens with zero attached hydrogens (tertiary/aromatic N) is 1. The molecule has 2 aromatic rings. The maximum Gasteiger partial charge on any atom is 0.276 e. The van der Waals surface area contributed by atoms with Crippen LogP contribution >= 0.6 is 11.3 Å². The molecule has 0 spiro atoms. The summed E-state index contributed by atoms with van der Waals surface area (Å²) in [6.45, 7) is 6.85. The number of para-hydroxylation sites is 1. The number of fused-ring (bicyclic) bond motifs is 3. The minimum absolute atomic E-state index is 0.0476. The molecular weight excluding hydrogens is 386 g/mol. The zero-order valence-corrected chi connectivity index (χ0v) is 17.6. The lowest BCUT2D eigenvalue weighted by Gasteiger charge is -2.34. The molecule has 1 aliphatic heterocycles. The second kappa shape index (κ2) is 7.30. The highest BCUT2D eigenvalue weighted by Crippen LogP contribution is 2.45. The number of benzene rings is 1. The van der Waals surface area contributed by atoms with Crippen molar-refractivity contribution < 1.29 is 9.72 Å². The van der Waals surface area contributed by atoms with Crippen LogP contribution in [0.4, 0.5) is 10.7 Å². The number of carbonyl (C=O) groups excluding carboxylic acids is 1. The van der Waals surface area contributed by atoms with E-state index in [4.69, 9.17) is 0 Å². The second-order valence-corrected chi connectivity index (χ2v) is 9.89. The van der Waals surface area contributed by atoms with Gasteiger partial charge in [-0.3, -0.25) is 14.9 Å². The van der Waals surface area contributed by atoms with Crippen LogP contribution in [-0.4, -0.2) is 17.0 Å². The molecule has 2 heterocycles. The first-order valence-electron chi connectivity index (χ1n) is 9.87. The van der Waals surface area contributed by atoms with Crippen molar-refractivity contribution in [3.63, 3.8) is 0 Å². The quantitative estimate of drug-likeness (QED) is 0.550. The van der Waals surface area contributed by atoms with Gasteiger partial charge in [-0.25, -0.2) is 0 Å². The Morgan fingerprint density at radius 3 is 2.72 bits per heavy atom. The van der Waals surface area contributed by atoms with E-state index in [2.05, 4.69) is 31.4 Å². The van der Waals surface area contributed by atoms with Gasteiger partial charge in [-0.05, 0) is 54.4 Å². The van der Waals surface area contributed by atoms with E-state index in [9.17, 15) is 14.9 Å². The average Bonchev–Trinajstić information content (AvgIpc) is 3.03. The number of nitro benzene ring substituents is 1. The molecule has 0 saturated heterocycles. The minimum Gasteiger partial charge on any atom is -0.353 e. The van der Waals surface area contributed by atoms with Crippen molar-refractivity contribution in [1.29, 1.82) is 0 Å². The van der Waals surface area contributed by atoms with Gasteiger partial charge in [0, 0.05) is 10.9 Å². The van der Waals surface area contributed by atoms with E-state index in [0.717, 1.165) is 29.8 Å². The lowest BCUT2D eigenvalue weighted by molar-refractivity contribution is -0.385. The summed E-state index contributed by atoms with van der Waals surface area (Å²) in [4.78, 5) is 24.9. The van der Waals surface area contributed by atoms with Crippen LogP contribution in [-0.2, 0) is 12.8 Å². The molecule has 0 unspecified atom stereocenters. The SMILES string of the molecule is CC(C)(C)[C@@H]1CCc2c(sc3c2C(=O)N[C@@H](/C=C/c2ccccc2[N+](=O)[O-])N3)C1. The second-order valence-electron chi connectivity index (χ2n) is 8.78. The van der Waals surface area contributed by atoms with Gasteiger partial charge in [-0.15, -0.1) is 11.3 Å². The maximum absolute atomic E-state index is 12.8. The molecule has 1 aromatic heterocycles. The summed E-state index contributed by atoms with van der Waals surface area (Å²) in [5.41, 5.74) is 2.79. The third-order valence-corrected chi connectivity index (χ3v) is 7.08. The molecule has 29 heavy (non-hydrogen) atoms. The van der Waals surface area contributed by atoms with Gasteiger partial charge in [-0.1, -0.05) is 32.9 Å². The number of anilines is 1. The van der Waals surface area contributed by atoms with Crippen LogP contribution in [0.25, 0.3) is 6.08 Å². The first-order chi connectivity index (χ1) is 13.7. The summed E-state index contributed by atoms with van der Waals surface area (Å²) in [5.74, 6) is 0.551. The van der Waals surface area contributed by atoms with Crippen molar-refractivity contribution in [1.82, 2.24) is 5.32 Å². The standard InChI is InChI=1S/C22H25N3O3S/c1-22(2,3)14-9-10-15-17(12-14)29-21-19(15)20(26)23-18(24-21)11-8-13-6-4-5-7-16(13)25(27)28/h4-8,11,14,18,24H,9-10,12H2,1-3H3,(H,23,26)/b11-8+/t14-,18-/m1/s1. The summed E-state index contributed by atoms with van der Waals surface area (Å²) in [5, 5.41) is 18.4. The number of carbonyl (C=O) groups is 1. The Morgan fingerprint density at radius 2 is 2.00 bits per heavy atom. The van der Waals surface area contributed by atoms with Crippen LogP contribution in [0.15, 0.2) is 30.3 Å². The van der Waals surface area contributed by atoms with E-state index < -0.39 is 11.1 Å². The third-order valence-electron chi connectivity index (χ3n) is 5.89. The van der Waals surface area contributed by atoms with E-state index in [1.807, 2.05) is 0 Å². The molecule has 2 aliphatic rings. The largest absolute Gasteiger partial charge is 0.353 e. The van der Waals surface area contributed by atoms with Crippen molar-refractivity contribution in [3.8, 4) is 0 Å². The van der Waals surface area contributed by atoms with E-state index in [1.54, 1.807) is 41.7 Å². The highest BCUT2D eigenvalue weighted by molar-refractivity contribution is 7.16. The Morgan fingerprint density at radius 1 is 1.24 bits per heavy atom. The smallest absolute Gasteiger partial charge is 0.276 e. The maximum atomic E-state index is 12.8. The molecule has 1 amide bonds. The summed E-state index contributed by atoms with van der Waals surface area (Å²) < 4.78 is 0. The Labute approximate surface area is 174 Å². The molecule has 2 atom stereocenters. The molecule has 0 radical (unpaired) electrons. The zero-order valence-electron chi connectivity index (χ0n) is 16.8. The fourth-order valence-corrected chi connectivity index (χ4v) is 5.51. The predicted molar refractivity (Wildman–Crippen MR) is 116 cm³/mol. The number of amides is 1. The molecule has 1 aliphatic carbocycles. The van der Waals surface area contributed by atoms with Crippen molar-refractivity contribution >= 4 is 34.0 Å². The Hall–Kier alpha value is -2.67. The molecule has 6 nitrogen and oxygen atoms in total. The number of thiophene rings is 1. The van der Waals surface area contributed by atoms with E-state index in [0.29, 0.717) is 11.5 Å². The molecule has 7 heteroatoms. The third kappa shape index (κ3) is 3.79. The Bertz CT molecular complexity index is 1000. The summed E-state index contributed by atoms with van der Waals surface area (Å²) in [6.07, 6.45) is 6.11. The summed E-state index contributed by atoms with van der Waals surface area (Å²) in [6, 6.07) is 6.57. The van der Waals surface area contributed by atoms with E-state index in [-0.39, 0.29) is 17.0 Å². The number of hydrogen-bond donors (Lipinski definition) is 2. The normalized spacial score (nSPS) is 21.3. The molecule has 2 N–H and O–H groups in total. The fourth-order valence-electron chi connectivity index (χ4n) is 4.15. The highest BCUT2D eigenvalue weighted by Gasteiger charge is 2.35. The predicted octanol–water partition coefficient (Wildman–Crippen LogP) is 5.00. The van der Waals surface area contributed by atoms with Crippen LogP contribution in [0.2, 0.25) is 0 Å². The van der Waals surface area contributed by atoms with E-state index in [1.165, 1.54) is 16.5 Å². The lowest BCUT2D eigenvalue weighted by Crippen LogP contribution is -2.43. The molecule has 0 fully saturated rings. The minimum atomic E-state index is -0.399. The van der Waals surface area contributed by atoms with Gasteiger partial charge < -0.3 is 10.6 Å². The van der Waals surface area contributed by atoms with E-state index >= 15 is 0 Å². The van der Waals surface area contributed by atoms with Crippen LogP contribution in [0.5, 0.6) is 0 Å². The molecule has 152 valence electrons. The first-order valence-corrected chi connectivity index (χ1v) is 10.7. The molecule has 0 saturated carbocycles. The lowest BCUT2D eigenvalue weighted by atomic mass is 9.72. The van der Waals surface area contributed by atoms with Gasteiger partial charge in [-0.2, -0.15) is 0 Å². The molecule has 1 aromatic carbocycles. The highest BCUT2D eigenvalue weighted by atomic mass is 32.1. The number of hydrogen-bond acceptors (Lipinski definition) is 5. The van der Waals surface area contributed by atoms with Crippen LogP contribution in [0.1, 0.15) is 53.6 Å². The van der Waals surface area contributed by atoms with Crippen LogP contribution in [0.3, 0.4) is 0 Å². The Kier molecular flexibility index (Phi) is 4.94. The van der Waals surface area contributed by atoms with Crippen molar-refractivity contribution in [2.45, 2.75) is 46.2 Å². The zero-order chi connectivity index (χ0) is 20.8. The van der Waals surface area contributed by atoms with Crippen LogP contribution in [0, 0.1) is 21.4 Å². The van der Waals surface area contributed by atoms with Crippen LogP contribution < -0.4 is 10.6 Å². The number of rotatable bonds is 3. The molecule has 4 rings (SSSR count). The van der Waals surface area contributed by atoms with Gasteiger partial charge in [0.1, 0.15) is 11.2 Å². The fraction of sp³-hybridized carbons (Fsp3) is 0.409. The molecule has 0 bridgehead atoms. The van der Waals surface area contributed by atoms with Gasteiger partial charge in [0.25, 0.3) is 11.6 Å². The van der Waals surface area contributed by atoms with Gasteiger partial charge >= 0.3 is 0 Å². The summed E-state index contributed by atoms with van der Waals surface area (Å²) in [7, 11) is 0. The topological polar surface area (TPSA) is 84.3 Å². The summed E-state index contributed by atoms with van der Waals surface area (Å²) >= 11 is 1.68.